The van der Waals surface area contributed by atoms with Crippen LogP contribution in [0.15, 0.2) is 0 Å². The third-order valence-electron chi connectivity index (χ3n) is 1.06. The molecule has 0 N–H and O–H groups in total. The molecule has 0 amide bonds. The van der Waals surface area contributed by atoms with Gasteiger partial charge in [-0.25, -0.2) is 0 Å². The summed E-state index contributed by atoms with van der Waals surface area (Å²) in [6.07, 6.45) is 1.74. The summed E-state index contributed by atoms with van der Waals surface area (Å²) in [5.41, 5.74) is 0. The Morgan fingerprint density at radius 3 is 1.73 bits per heavy atom. The molecule has 0 saturated heterocycles. The van der Waals surface area contributed by atoms with Gasteiger partial charge in [-0.05, 0) is 12.8 Å². The monoisotopic (exact) mass is 180 g/mol. The standard InChI is InChI=1S/C7H17O3P/c1-4-6-9-11(3,8)10-7-5-2/h4-7H2,1-3H3. The lowest BCUT2D eigenvalue weighted by Gasteiger charge is -2.12. The first kappa shape index (κ1) is 11.2. The molecule has 0 bridgehead atoms. The van der Waals surface area contributed by atoms with Gasteiger partial charge in [0.15, 0.2) is 0 Å². The van der Waals surface area contributed by atoms with Crippen LogP contribution in [0.5, 0.6) is 0 Å². The van der Waals surface area contributed by atoms with Crippen molar-refractivity contribution < 1.29 is 13.6 Å². The molecule has 0 aliphatic rings. The zero-order valence-corrected chi connectivity index (χ0v) is 8.39. The quantitative estimate of drug-likeness (QED) is 0.589. The van der Waals surface area contributed by atoms with E-state index in [1.807, 2.05) is 13.8 Å². The van der Waals surface area contributed by atoms with Crippen LogP contribution < -0.4 is 0 Å². The minimum Gasteiger partial charge on any atom is -0.309 e. The largest absolute Gasteiger partial charge is 0.327 e. The van der Waals surface area contributed by atoms with E-state index in [1.165, 1.54) is 6.66 Å². The lowest BCUT2D eigenvalue weighted by Crippen LogP contribution is -1.96. The van der Waals surface area contributed by atoms with Gasteiger partial charge >= 0.3 is 7.60 Å². The van der Waals surface area contributed by atoms with Gasteiger partial charge in [-0.1, -0.05) is 13.8 Å². The van der Waals surface area contributed by atoms with Crippen molar-refractivity contribution in [2.75, 3.05) is 19.9 Å². The molecule has 0 radical (unpaired) electrons. The highest BCUT2D eigenvalue weighted by atomic mass is 31.2. The third-order valence-corrected chi connectivity index (χ3v) is 2.36. The molecule has 0 aliphatic carbocycles. The Morgan fingerprint density at radius 2 is 1.45 bits per heavy atom. The minimum atomic E-state index is -2.73. The SMILES string of the molecule is CCCOP(C)(=O)OCCC. The molecule has 4 heteroatoms. The van der Waals surface area contributed by atoms with Gasteiger partial charge in [0.2, 0.25) is 0 Å². The highest BCUT2D eigenvalue weighted by molar-refractivity contribution is 7.52. The normalized spacial score (nSPS) is 11.9. The fourth-order valence-corrected chi connectivity index (χ4v) is 1.65. The van der Waals surface area contributed by atoms with Crippen molar-refractivity contribution in [1.82, 2.24) is 0 Å². The minimum absolute atomic E-state index is 0.511. The van der Waals surface area contributed by atoms with Crippen molar-refractivity contribution in [3.63, 3.8) is 0 Å². The predicted molar refractivity (Wildman–Crippen MR) is 46.0 cm³/mol. The van der Waals surface area contributed by atoms with E-state index in [1.54, 1.807) is 0 Å². The molecule has 0 saturated carbocycles. The molecule has 3 nitrogen and oxygen atoms in total. The van der Waals surface area contributed by atoms with E-state index in [-0.39, 0.29) is 0 Å². The number of hydrogen-bond acceptors (Lipinski definition) is 3. The second-order valence-corrected chi connectivity index (χ2v) is 4.50. The summed E-state index contributed by atoms with van der Waals surface area (Å²) in [7, 11) is -2.73. The molecule has 0 aliphatic heterocycles. The first-order valence-corrected chi connectivity index (χ1v) is 5.98. The topological polar surface area (TPSA) is 35.5 Å². The van der Waals surface area contributed by atoms with Crippen LogP contribution in [-0.2, 0) is 13.6 Å². The molecule has 0 unspecified atom stereocenters. The fourth-order valence-electron chi connectivity index (χ4n) is 0.551. The van der Waals surface area contributed by atoms with Crippen LogP contribution in [0.4, 0.5) is 0 Å². The van der Waals surface area contributed by atoms with Crippen LogP contribution in [0.25, 0.3) is 0 Å². The van der Waals surface area contributed by atoms with E-state index in [9.17, 15) is 4.57 Å². The highest BCUT2D eigenvalue weighted by Crippen LogP contribution is 2.43. The summed E-state index contributed by atoms with van der Waals surface area (Å²) in [5, 5.41) is 0. The second kappa shape index (κ2) is 5.76. The van der Waals surface area contributed by atoms with Crippen molar-refractivity contribution in [1.29, 1.82) is 0 Å². The van der Waals surface area contributed by atoms with Crippen LogP contribution >= 0.6 is 7.60 Å². The van der Waals surface area contributed by atoms with E-state index in [0.29, 0.717) is 13.2 Å². The molecule has 0 aromatic rings. The van der Waals surface area contributed by atoms with Gasteiger partial charge in [-0.15, -0.1) is 0 Å². The summed E-state index contributed by atoms with van der Waals surface area (Å²) < 4.78 is 21.3. The Morgan fingerprint density at radius 1 is 1.09 bits per heavy atom. The highest BCUT2D eigenvalue weighted by Gasteiger charge is 2.14. The third kappa shape index (κ3) is 6.54. The number of rotatable bonds is 6. The summed E-state index contributed by atoms with van der Waals surface area (Å²) >= 11 is 0. The summed E-state index contributed by atoms with van der Waals surface area (Å²) in [6, 6.07) is 0. The molecule has 0 rings (SSSR count). The van der Waals surface area contributed by atoms with Gasteiger partial charge < -0.3 is 9.05 Å². The molecule has 11 heavy (non-hydrogen) atoms. The van der Waals surface area contributed by atoms with E-state index in [2.05, 4.69) is 0 Å². The Bertz CT molecular complexity index is 124. The van der Waals surface area contributed by atoms with Gasteiger partial charge in [-0.2, -0.15) is 0 Å². The molecule has 0 atom stereocenters. The first-order valence-electron chi connectivity index (χ1n) is 3.99. The number of hydrogen-bond donors (Lipinski definition) is 0. The molecule has 0 fully saturated rings. The van der Waals surface area contributed by atoms with Crippen molar-refractivity contribution >= 4 is 7.60 Å². The Balaban J connectivity index is 3.53. The zero-order chi connectivity index (χ0) is 8.74. The molecular formula is C7H17O3P. The van der Waals surface area contributed by atoms with Crippen LogP contribution in [-0.4, -0.2) is 19.9 Å². The first-order chi connectivity index (χ1) is 5.12. The second-order valence-electron chi connectivity index (χ2n) is 2.44. The Hall–Kier alpha value is 0.150. The van der Waals surface area contributed by atoms with Gasteiger partial charge in [-0.3, -0.25) is 4.57 Å². The molecule has 0 heterocycles. The van der Waals surface area contributed by atoms with Gasteiger partial charge in [0.05, 0.1) is 13.2 Å². The van der Waals surface area contributed by atoms with Crippen molar-refractivity contribution in [3.8, 4) is 0 Å². The van der Waals surface area contributed by atoms with Gasteiger partial charge in [0.25, 0.3) is 0 Å². The van der Waals surface area contributed by atoms with Gasteiger partial charge in [0.1, 0.15) is 0 Å². The van der Waals surface area contributed by atoms with Crippen molar-refractivity contribution in [3.05, 3.63) is 0 Å². The summed E-state index contributed by atoms with van der Waals surface area (Å²) in [6.45, 7) is 6.48. The lowest BCUT2D eigenvalue weighted by molar-refractivity contribution is 0.209. The maximum atomic E-state index is 11.3. The Labute approximate surface area is 68.6 Å². The molecule has 0 aromatic carbocycles. The van der Waals surface area contributed by atoms with Crippen LogP contribution in [0, 0.1) is 0 Å². The van der Waals surface area contributed by atoms with E-state index in [4.69, 9.17) is 9.05 Å². The maximum absolute atomic E-state index is 11.3. The summed E-state index contributed by atoms with van der Waals surface area (Å²) in [4.78, 5) is 0. The van der Waals surface area contributed by atoms with Crippen LogP contribution in [0.3, 0.4) is 0 Å². The maximum Gasteiger partial charge on any atom is 0.327 e. The lowest BCUT2D eigenvalue weighted by atomic mass is 10.5. The fraction of sp³-hybridized carbons (Fsp3) is 1.00. The Kier molecular flexibility index (Phi) is 5.83. The predicted octanol–water partition coefficient (Wildman–Crippen LogP) is 2.66. The van der Waals surface area contributed by atoms with Crippen LogP contribution in [0.2, 0.25) is 0 Å². The molecule has 0 spiro atoms. The molecule has 0 aromatic heterocycles. The van der Waals surface area contributed by atoms with Crippen LogP contribution in [0.1, 0.15) is 26.7 Å². The zero-order valence-electron chi connectivity index (χ0n) is 7.50. The van der Waals surface area contributed by atoms with E-state index < -0.39 is 7.60 Å². The average molecular weight is 180 g/mol. The average Bonchev–Trinajstić information content (AvgIpc) is 1.97. The van der Waals surface area contributed by atoms with E-state index >= 15 is 0 Å². The van der Waals surface area contributed by atoms with E-state index in [0.717, 1.165) is 12.8 Å². The molecular weight excluding hydrogens is 163 g/mol. The van der Waals surface area contributed by atoms with Crippen molar-refractivity contribution in [2.45, 2.75) is 26.7 Å². The smallest absolute Gasteiger partial charge is 0.309 e. The summed E-state index contributed by atoms with van der Waals surface area (Å²) in [5.74, 6) is 0. The molecule has 68 valence electrons. The van der Waals surface area contributed by atoms with Crippen molar-refractivity contribution in [2.24, 2.45) is 0 Å². The van der Waals surface area contributed by atoms with Gasteiger partial charge in [0, 0.05) is 6.66 Å².